The van der Waals surface area contributed by atoms with Gasteiger partial charge in [0.05, 0.1) is 24.8 Å². The van der Waals surface area contributed by atoms with Crippen molar-refractivity contribution in [1.82, 2.24) is 4.31 Å². The van der Waals surface area contributed by atoms with E-state index in [4.69, 9.17) is 21.1 Å². The van der Waals surface area contributed by atoms with Gasteiger partial charge in [0.2, 0.25) is 15.9 Å². The molecule has 1 aliphatic rings. The van der Waals surface area contributed by atoms with E-state index in [1.165, 1.54) is 54.9 Å². The molecule has 0 radical (unpaired) electrons. The number of benzene rings is 2. The van der Waals surface area contributed by atoms with E-state index in [-0.39, 0.29) is 29.6 Å². The van der Waals surface area contributed by atoms with Crippen molar-refractivity contribution in [1.29, 1.82) is 0 Å². The molecule has 1 saturated heterocycles. The fourth-order valence-electron chi connectivity index (χ4n) is 3.31. The van der Waals surface area contributed by atoms with Crippen LogP contribution in [0.25, 0.3) is 0 Å². The standard InChI is InChI=1S/C20H22ClFN2O5S/c1-28-18-6-4-15(12-19(18)29-2)30(26,27)24-9-7-13(8-10-24)20(25)23-17-11-14(21)3-5-16(17)22/h3-6,11-13H,7-10H2,1-2H3,(H,23,25). The van der Waals surface area contributed by atoms with E-state index in [2.05, 4.69) is 5.32 Å². The number of sulfonamides is 1. The number of ether oxygens (including phenoxy) is 2. The molecule has 1 fully saturated rings. The second-order valence-electron chi connectivity index (χ2n) is 6.81. The molecule has 1 aliphatic heterocycles. The molecule has 162 valence electrons. The van der Waals surface area contributed by atoms with E-state index in [0.29, 0.717) is 29.4 Å². The van der Waals surface area contributed by atoms with Gasteiger partial charge in [-0.1, -0.05) is 11.6 Å². The number of piperidine rings is 1. The third kappa shape index (κ3) is 4.69. The number of nitrogens with one attached hydrogen (secondary N) is 1. The van der Waals surface area contributed by atoms with Crippen molar-refractivity contribution >= 4 is 33.2 Å². The molecule has 10 heteroatoms. The molecule has 0 bridgehead atoms. The van der Waals surface area contributed by atoms with Gasteiger partial charge in [0.25, 0.3) is 0 Å². The molecule has 0 aliphatic carbocycles. The zero-order valence-electron chi connectivity index (χ0n) is 16.5. The maximum absolute atomic E-state index is 13.8. The molecule has 0 spiro atoms. The average Bonchev–Trinajstić information content (AvgIpc) is 2.75. The lowest BCUT2D eigenvalue weighted by Gasteiger charge is -2.30. The largest absolute Gasteiger partial charge is 0.493 e. The zero-order chi connectivity index (χ0) is 21.9. The number of hydrogen-bond donors (Lipinski definition) is 1. The van der Waals surface area contributed by atoms with Crippen LogP contribution in [0.1, 0.15) is 12.8 Å². The first-order valence-electron chi connectivity index (χ1n) is 9.24. The maximum atomic E-state index is 13.8. The maximum Gasteiger partial charge on any atom is 0.243 e. The van der Waals surface area contributed by atoms with Gasteiger partial charge in [-0.25, -0.2) is 12.8 Å². The van der Waals surface area contributed by atoms with Crippen LogP contribution < -0.4 is 14.8 Å². The first kappa shape index (κ1) is 22.3. The highest BCUT2D eigenvalue weighted by atomic mass is 35.5. The monoisotopic (exact) mass is 456 g/mol. The molecule has 1 heterocycles. The Bertz CT molecular complexity index is 1040. The second kappa shape index (κ2) is 9.20. The number of amides is 1. The summed E-state index contributed by atoms with van der Waals surface area (Å²) in [5.41, 5.74) is 0.00730. The van der Waals surface area contributed by atoms with Crippen LogP contribution in [0.3, 0.4) is 0 Å². The third-order valence-corrected chi connectivity index (χ3v) is 7.13. The van der Waals surface area contributed by atoms with Crippen LogP contribution in [-0.2, 0) is 14.8 Å². The Hall–Kier alpha value is -2.36. The van der Waals surface area contributed by atoms with E-state index in [1.54, 1.807) is 0 Å². The summed E-state index contributed by atoms with van der Waals surface area (Å²) in [6, 6.07) is 8.31. The van der Waals surface area contributed by atoms with Crippen molar-refractivity contribution in [3.63, 3.8) is 0 Å². The van der Waals surface area contributed by atoms with Crippen LogP contribution in [0.15, 0.2) is 41.3 Å². The lowest BCUT2D eigenvalue weighted by molar-refractivity contribution is -0.120. The zero-order valence-corrected chi connectivity index (χ0v) is 18.1. The molecule has 2 aromatic carbocycles. The van der Waals surface area contributed by atoms with Crippen LogP contribution in [0.5, 0.6) is 11.5 Å². The van der Waals surface area contributed by atoms with Gasteiger partial charge in [-0.3, -0.25) is 4.79 Å². The van der Waals surface area contributed by atoms with E-state index < -0.39 is 21.8 Å². The summed E-state index contributed by atoms with van der Waals surface area (Å²) in [6.07, 6.45) is 0.640. The summed E-state index contributed by atoms with van der Waals surface area (Å²) in [7, 11) is -0.850. The molecule has 1 N–H and O–H groups in total. The Labute approximate surface area is 179 Å². The van der Waals surface area contributed by atoms with Crippen LogP contribution >= 0.6 is 11.6 Å². The van der Waals surface area contributed by atoms with Gasteiger partial charge < -0.3 is 14.8 Å². The number of anilines is 1. The molecule has 30 heavy (non-hydrogen) atoms. The van der Waals surface area contributed by atoms with Crippen LogP contribution in [0.2, 0.25) is 5.02 Å². The molecule has 7 nitrogen and oxygen atoms in total. The van der Waals surface area contributed by atoms with E-state index in [9.17, 15) is 17.6 Å². The molecular weight excluding hydrogens is 435 g/mol. The Morgan fingerprint density at radius 1 is 1.10 bits per heavy atom. The summed E-state index contributed by atoms with van der Waals surface area (Å²) in [5.74, 6) is -0.628. The quantitative estimate of drug-likeness (QED) is 0.718. The van der Waals surface area contributed by atoms with E-state index in [0.717, 1.165) is 0 Å². The summed E-state index contributed by atoms with van der Waals surface area (Å²) in [6.45, 7) is 0.347. The fraction of sp³-hybridized carbons (Fsp3) is 0.350. The number of halogens is 2. The number of carbonyl (C=O) groups excluding carboxylic acids is 1. The first-order chi connectivity index (χ1) is 14.3. The van der Waals surface area contributed by atoms with Crippen molar-refractivity contribution in [3.8, 4) is 11.5 Å². The van der Waals surface area contributed by atoms with Crippen LogP contribution in [0.4, 0.5) is 10.1 Å². The van der Waals surface area contributed by atoms with Crippen molar-refractivity contribution in [2.45, 2.75) is 17.7 Å². The Morgan fingerprint density at radius 2 is 1.77 bits per heavy atom. The van der Waals surface area contributed by atoms with Gasteiger partial charge in [-0.15, -0.1) is 0 Å². The van der Waals surface area contributed by atoms with Gasteiger partial charge >= 0.3 is 0 Å². The average molecular weight is 457 g/mol. The molecule has 3 rings (SSSR count). The van der Waals surface area contributed by atoms with Gasteiger partial charge in [-0.05, 0) is 43.2 Å². The molecule has 0 saturated carbocycles. The minimum absolute atomic E-state index is 0.00730. The molecule has 0 aromatic heterocycles. The first-order valence-corrected chi connectivity index (χ1v) is 11.1. The number of nitrogens with zero attached hydrogens (tertiary/aromatic N) is 1. The van der Waals surface area contributed by atoms with Crippen LogP contribution in [-0.4, -0.2) is 45.9 Å². The van der Waals surface area contributed by atoms with E-state index >= 15 is 0 Å². The van der Waals surface area contributed by atoms with Gasteiger partial charge in [-0.2, -0.15) is 4.31 Å². The lowest BCUT2D eigenvalue weighted by Crippen LogP contribution is -2.41. The fourth-order valence-corrected chi connectivity index (χ4v) is 4.97. The minimum atomic E-state index is -3.75. The van der Waals surface area contributed by atoms with Crippen LogP contribution in [0, 0.1) is 11.7 Å². The number of rotatable bonds is 6. The highest BCUT2D eigenvalue weighted by Crippen LogP contribution is 2.32. The number of methoxy groups -OCH3 is 2. The summed E-state index contributed by atoms with van der Waals surface area (Å²) < 4.78 is 51.4. The minimum Gasteiger partial charge on any atom is -0.493 e. The number of carbonyl (C=O) groups is 1. The Morgan fingerprint density at radius 3 is 2.40 bits per heavy atom. The van der Waals surface area contributed by atoms with Crippen molar-refractivity contribution < 1.29 is 27.1 Å². The summed E-state index contributed by atoms with van der Waals surface area (Å²) >= 11 is 5.85. The lowest BCUT2D eigenvalue weighted by atomic mass is 9.97. The third-order valence-electron chi connectivity index (χ3n) is 5.00. The van der Waals surface area contributed by atoms with Gasteiger partial charge in [0, 0.05) is 30.1 Å². The molecule has 1 amide bonds. The SMILES string of the molecule is COc1ccc(S(=O)(=O)N2CCC(C(=O)Nc3cc(Cl)ccc3F)CC2)cc1OC. The predicted molar refractivity (Wildman–Crippen MR) is 111 cm³/mol. The topological polar surface area (TPSA) is 84.9 Å². The molecular formula is C20H22ClFN2O5S. The summed E-state index contributed by atoms with van der Waals surface area (Å²) in [4.78, 5) is 12.6. The van der Waals surface area contributed by atoms with Crippen molar-refractivity contribution in [2.75, 3.05) is 32.6 Å². The van der Waals surface area contributed by atoms with E-state index in [1.807, 2.05) is 0 Å². The molecule has 0 atom stereocenters. The van der Waals surface area contributed by atoms with Crippen molar-refractivity contribution in [3.05, 3.63) is 47.2 Å². The highest BCUT2D eigenvalue weighted by molar-refractivity contribution is 7.89. The Balaban J connectivity index is 1.67. The predicted octanol–water partition coefficient (Wildman–Crippen LogP) is 3.54. The molecule has 2 aromatic rings. The smallest absolute Gasteiger partial charge is 0.243 e. The normalized spacial score (nSPS) is 15.6. The van der Waals surface area contributed by atoms with Gasteiger partial charge in [0.15, 0.2) is 11.5 Å². The molecule has 0 unspecified atom stereocenters. The highest BCUT2D eigenvalue weighted by Gasteiger charge is 2.32. The van der Waals surface area contributed by atoms with Crippen molar-refractivity contribution in [2.24, 2.45) is 5.92 Å². The second-order valence-corrected chi connectivity index (χ2v) is 9.18. The number of hydrogen-bond acceptors (Lipinski definition) is 5. The Kier molecular flexibility index (Phi) is 6.84. The van der Waals surface area contributed by atoms with Gasteiger partial charge in [0.1, 0.15) is 5.82 Å². The summed E-state index contributed by atoms with van der Waals surface area (Å²) in [5, 5.41) is 2.84.